The average Bonchev–Trinajstić information content (AvgIpc) is 3.25. The molecule has 0 bridgehead atoms. The molecule has 1 atom stereocenters. The molecule has 2 aromatic rings. The lowest BCUT2D eigenvalue weighted by Gasteiger charge is -2.28. The molecule has 0 aliphatic carbocycles. The zero-order valence-corrected chi connectivity index (χ0v) is 24.6. The van der Waals surface area contributed by atoms with E-state index >= 15 is 0 Å². The number of amides is 1. The zero-order chi connectivity index (χ0) is 29.4. The molecule has 0 aromatic heterocycles. The fourth-order valence-electron chi connectivity index (χ4n) is 5.21. The lowest BCUT2D eigenvalue weighted by Crippen LogP contribution is -2.38. The molecule has 0 radical (unpaired) electrons. The first-order valence-electron chi connectivity index (χ1n) is 14.7. The number of rotatable bonds is 14. The fourth-order valence-corrected chi connectivity index (χ4v) is 5.21. The minimum atomic E-state index is -0.799. The van der Waals surface area contributed by atoms with Crippen molar-refractivity contribution < 1.29 is 33.6 Å². The largest absolute Gasteiger partial charge is 0.507 e. The smallest absolute Gasteiger partial charge is 0.295 e. The van der Waals surface area contributed by atoms with Crippen LogP contribution in [0.1, 0.15) is 64.1 Å². The van der Waals surface area contributed by atoms with Gasteiger partial charge in [-0.2, -0.15) is 0 Å². The summed E-state index contributed by atoms with van der Waals surface area (Å²) in [6.45, 7) is 12.5. The Bertz CT molecular complexity index is 1250. The second kappa shape index (κ2) is 14.3. The third kappa shape index (κ3) is 6.78. The van der Waals surface area contributed by atoms with Crippen LogP contribution >= 0.6 is 0 Å². The van der Waals surface area contributed by atoms with Gasteiger partial charge in [0.2, 0.25) is 0 Å². The Kier molecular flexibility index (Phi) is 10.5. The molecule has 0 saturated carbocycles. The molecule has 2 aromatic carbocycles. The van der Waals surface area contributed by atoms with Gasteiger partial charge in [-0.05, 0) is 62.3 Å². The molecule has 1 saturated heterocycles. The van der Waals surface area contributed by atoms with E-state index in [4.69, 9.17) is 18.9 Å². The average molecular weight is 567 g/mol. The highest BCUT2D eigenvalue weighted by atomic mass is 16.6. The van der Waals surface area contributed by atoms with E-state index in [1.165, 1.54) is 0 Å². The van der Waals surface area contributed by atoms with Crippen LogP contribution in [0, 0.1) is 0 Å². The molecule has 9 heteroatoms. The number of ether oxygens (including phenoxy) is 4. The minimum Gasteiger partial charge on any atom is -0.507 e. The van der Waals surface area contributed by atoms with Crippen molar-refractivity contribution in [2.45, 2.75) is 53.0 Å². The Morgan fingerprint density at radius 2 is 1.71 bits per heavy atom. The number of likely N-dealkylation sites (tertiary alicyclic amines) is 1. The molecule has 222 valence electrons. The number of carbonyl (C=O) groups is 2. The van der Waals surface area contributed by atoms with E-state index in [0.717, 1.165) is 32.4 Å². The molecule has 1 unspecified atom stereocenters. The highest BCUT2D eigenvalue weighted by Crippen LogP contribution is 2.43. The number of hydrogen-bond acceptors (Lipinski definition) is 8. The van der Waals surface area contributed by atoms with Gasteiger partial charge in [0.25, 0.3) is 11.7 Å². The predicted octanol–water partition coefficient (Wildman–Crippen LogP) is 5.19. The highest BCUT2D eigenvalue weighted by molar-refractivity contribution is 6.46. The number of nitrogens with zero attached hydrogens (tertiary/aromatic N) is 2. The summed E-state index contributed by atoms with van der Waals surface area (Å²) in [7, 11) is 0. The highest BCUT2D eigenvalue weighted by Gasteiger charge is 2.46. The van der Waals surface area contributed by atoms with Gasteiger partial charge in [0.15, 0.2) is 23.0 Å². The third-order valence-electron chi connectivity index (χ3n) is 7.50. The van der Waals surface area contributed by atoms with Crippen LogP contribution in [0.4, 0.5) is 0 Å². The normalized spacial score (nSPS) is 17.8. The van der Waals surface area contributed by atoms with Crippen LogP contribution in [-0.4, -0.2) is 79.2 Å². The van der Waals surface area contributed by atoms with Crippen LogP contribution in [0.15, 0.2) is 42.0 Å². The lowest BCUT2D eigenvalue weighted by atomic mass is 9.94. The Labute approximate surface area is 242 Å². The van der Waals surface area contributed by atoms with Crippen LogP contribution in [-0.2, 0) is 9.59 Å². The van der Waals surface area contributed by atoms with Crippen LogP contribution in [0.3, 0.4) is 0 Å². The molecule has 2 heterocycles. The van der Waals surface area contributed by atoms with Crippen LogP contribution in [0.2, 0.25) is 0 Å². The van der Waals surface area contributed by atoms with E-state index in [2.05, 4.69) is 25.7 Å². The van der Waals surface area contributed by atoms with Crippen molar-refractivity contribution in [3.05, 3.63) is 53.1 Å². The summed E-state index contributed by atoms with van der Waals surface area (Å²) in [4.78, 5) is 30.7. The van der Waals surface area contributed by atoms with Crippen LogP contribution in [0.25, 0.3) is 5.76 Å². The lowest BCUT2D eigenvalue weighted by molar-refractivity contribution is -0.140. The SMILES string of the molecule is CCCCCOc1ccc(C2/C(=C(\O)c3ccc4c(c3)OCCO4)C(=O)C(=O)N2CCN(CC)CC)cc1OCC. The molecular formula is C32H42N2O7. The van der Waals surface area contributed by atoms with E-state index in [9.17, 15) is 14.7 Å². The van der Waals surface area contributed by atoms with E-state index < -0.39 is 17.7 Å². The van der Waals surface area contributed by atoms with Crippen LogP contribution < -0.4 is 18.9 Å². The van der Waals surface area contributed by atoms with Gasteiger partial charge in [0.1, 0.15) is 19.0 Å². The summed E-state index contributed by atoms with van der Waals surface area (Å²) in [6.07, 6.45) is 3.10. The topological polar surface area (TPSA) is 97.8 Å². The monoisotopic (exact) mass is 566 g/mol. The van der Waals surface area contributed by atoms with Gasteiger partial charge in [-0.15, -0.1) is 0 Å². The van der Waals surface area contributed by atoms with Crippen molar-refractivity contribution in [1.29, 1.82) is 0 Å². The Hall–Kier alpha value is -3.72. The molecule has 41 heavy (non-hydrogen) atoms. The van der Waals surface area contributed by atoms with E-state index in [-0.39, 0.29) is 11.3 Å². The van der Waals surface area contributed by atoms with Crippen LogP contribution in [0.5, 0.6) is 23.0 Å². The minimum absolute atomic E-state index is 0.0327. The van der Waals surface area contributed by atoms with Gasteiger partial charge in [0.05, 0.1) is 24.8 Å². The number of Topliss-reactive ketones (excluding diaryl/α,β-unsaturated/α-hetero) is 1. The summed E-state index contributed by atoms with van der Waals surface area (Å²) in [5.41, 5.74) is 1.07. The van der Waals surface area contributed by atoms with Gasteiger partial charge in [0, 0.05) is 18.7 Å². The number of aliphatic hydroxyl groups is 1. The van der Waals surface area contributed by atoms with E-state index in [1.807, 2.05) is 25.1 Å². The first-order chi connectivity index (χ1) is 19.9. The molecule has 9 nitrogen and oxygen atoms in total. The second-order valence-electron chi connectivity index (χ2n) is 10.1. The first kappa shape index (κ1) is 30.2. The standard InChI is InChI=1S/C32H42N2O7/c1-5-9-10-17-39-24-13-11-22(20-26(24)38-8-4)29-28(31(36)32(37)34(29)16-15-33(6-2)7-3)30(35)23-12-14-25-27(21-23)41-19-18-40-25/h11-14,20-21,29,35H,5-10,15-19H2,1-4H3/b30-28+. The summed E-state index contributed by atoms with van der Waals surface area (Å²) >= 11 is 0. The van der Waals surface area contributed by atoms with Gasteiger partial charge >= 0.3 is 0 Å². The van der Waals surface area contributed by atoms with Crippen molar-refractivity contribution in [2.24, 2.45) is 0 Å². The van der Waals surface area contributed by atoms with Crippen molar-refractivity contribution in [3.63, 3.8) is 0 Å². The van der Waals surface area contributed by atoms with Gasteiger partial charge < -0.3 is 33.9 Å². The zero-order valence-electron chi connectivity index (χ0n) is 24.6. The maximum atomic E-state index is 13.5. The molecule has 4 rings (SSSR count). The predicted molar refractivity (Wildman–Crippen MR) is 157 cm³/mol. The number of carbonyl (C=O) groups excluding carboxylic acids is 2. The van der Waals surface area contributed by atoms with Gasteiger partial charge in [-0.25, -0.2) is 0 Å². The Morgan fingerprint density at radius 3 is 2.41 bits per heavy atom. The molecule has 1 N–H and O–H groups in total. The maximum absolute atomic E-state index is 13.5. The van der Waals surface area contributed by atoms with E-state index in [0.29, 0.717) is 73.6 Å². The number of fused-ring (bicyclic) bond motifs is 1. The second-order valence-corrected chi connectivity index (χ2v) is 10.1. The van der Waals surface area contributed by atoms with Crippen molar-refractivity contribution in [3.8, 4) is 23.0 Å². The number of aliphatic hydroxyl groups excluding tert-OH is 1. The quantitative estimate of drug-likeness (QED) is 0.144. The number of unbranched alkanes of at least 4 members (excludes halogenated alkanes) is 2. The Morgan fingerprint density at radius 1 is 0.951 bits per heavy atom. The fraction of sp³-hybridized carbons (Fsp3) is 0.500. The first-order valence-corrected chi connectivity index (χ1v) is 14.7. The van der Waals surface area contributed by atoms with Gasteiger partial charge in [-0.1, -0.05) is 39.7 Å². The summed E-state index contributed by atoms with van der Waals surface area (Å²) in [6, 6.07) is 9.69. The molecule has 1 fully saturated rings. The molecule has 2 aliphatic rings. The summed E-state index contributed by atoms with van der Waals surface area (Å²) < 4.78 is 23.2. The van der Waals surface area contributed by atoms with Gasteiger partial charge in [-0.3, -0.25) is 9.59 Å². The summed E-state index contributed by atoms with van der Waals surface area (Å²) in [5.74, 6) is 0.580. The number of likely N-dealkylation sites (N-methyl/N-ethyl adjacent to an activating group) is 1. The number of hydrogen-bond donors (Lipinski definition) is 1. The molecule has 0 spiro atoms. The number of benzene rings is 2. The molecule has 2 aliphatic heterocycles. The third-order valence-corrected chi connectivity index (χ3v) is 7.50. The molecular weight excluding hydrogens is 524 g/mol. The van der Waals surface area contributed by atoms with E-state index in [1.54, 1.807) is 23.1 Å². The Balaban J connectivity index is 1.77. The number of ketones is 1. The molecule has 1 amide bonds. The maximum Gasteiger partial charge on any atom is 0.295 e. The summed E-state index contributed by atoms with van der Waals surface area (Å²) in [5, 5.41) is 11.5. The van der Waals surface area contributed by atoms with Crippen molar-refractivity contribution in [2.75, 3.05) is 52.6 Å². The van der Waals surface area contributed by atoms with Crippen molar-refractivity contribution >= 4 is 17.4 Å². The van der Waals surface area contributed by atoms with Crippen molar-refractivity contribution in [1.82, 2.24) is 9.80 Å².